The van der Waals surface area contributed by atoms with E-state index in [2.05, 4.69) is 15.5 Å². The largest absolute Gasteiger partial charge is 0.319 e. The lowest BCUT2D eigenvalue weighted by molar-refractivity contribution is 0.102. The van der Waals surface area contributed by atoms with Crippen molar-refractivity contribution < 1.29 is 4.79 Å². The number of anilines is 1. The fourth-order valence-electron chi connectivity index (χ4n) is 1.55. The summed E-state index contributed by atoms with van der Waals surface area (Å²) in [4.78, 5) is 12.0. The summed E-state index contributed by atoms with van der Waals surface area (Å²) in [6.07, 6.45) is 0. The zero-order valence-corrected chi connectivity index (χ0v) is 10.3. The van der Waals surface area contributed by atoms with Crippen molar-refractivity contribution in [2.75, 3.05) is 5.32 Å². The zero-order chi connectivity index (χ0) is 12.4. The number of halogens is 1. The minimum absolute atomic E-state index is 0.194. The van der Waals surface area contributed by atoms with E-state index in [1.807, 2.05) is 13.8 Å². The monoisotopic (exact) mass is 249 g/mol. The van der Waals surface area contributed by atoms with Crippen molar-refractivity contribution in [2.45, 2.75) is 13.8 Å². The molecule has 0 bridgehead atoms. The van der Waals surface area contributed by atoms with E-state index < -0.39 is 0 Å². The third-order valence-corrected chi connectivity index (χ3v) is 2.69. The standard InChI is InChI=1S/C12H12ClN3O/c1-7-11(8(2)16-15-7)14-12(17)9-4-3-5-10(13)6-9/h3-6H,1-2H3,(H,14,17)(H,15,16). The first-order chi connectivity index (χ1) is 8.08. The topological polar surface area (TPSA) is 57.8 Å². The van der Waals surface area contributed by atoms with Gasteiger partial charge in [-0.3, -0.25) is 9.89 Å². The quantitative estimate of drug-likeness (QED) is 0.860. The molecule has 0 atom stereocenters. The zero-order valence-electron chi connectivity index (χ0n) is 9.54. The molecule has 1 amide bonds. The number of amides is 1. The molecular weight excluding hydrogens is 238 g/mol. The minimum Gasteiger partial charge on any atom is -0.319 e. The summed E-state index contributed by atoms with van der Waals surface area (Å²) < 4.78 is 0. The highest BCUT2D eigenvalue weighted by atomic mass is 35.5. The van der Waals surface area contributed by atoms with Crippen LogP contribution in [0, 0.1) is 13.8 Å². The van der Waals surface area contributed by atoms with Crippen LogP contribution in [0.2, 0.25) is 5.02 Å². The number of nitrogens with zero attached hydrogens (tertiary/aromatic N) is 1. The summed E-state index contributed by atoms with van der Waals surface area (Å²) in [5, 5.41) is 10.2. The van der Waals surface area contributed by atoms with Crippen LogP contribution in [0.1, 0.15) is 21.7 Å². The van der Waals surface area contributed by atoms with Crippen LogP contribution in [-0.4, -0.2) is 16.1 Å². The van der Waals surface area contributed by atoms with Crippen molar-refractivity contribution in [1.82, 2.24) is 10.2 Å². The number of benzene rings is 1. The predicted octanol–water partition coefficient (Wildman–Crippen LogP) is 2.93. The Bertz CT molecular complexity index is 543. The van der Waals surface area contributed by atoms with Crippen LogP contribution in [0.4, 0.5) is 5.69 Å². The summed E-state index contributed by atoms with van der Waals surface area (Å²) in [5.74, 6) is -0.194. The molecular formula is C12H12ClN3O. The van der Waals surface area contributed by atoms with Crippen LogP contribution in [0.3, 0.4) is 0 Å². The second-order valence-corrected chi connectivity index (χ2v) is 4.21. The number of H-pyrrole nitrogens is 1. The Morgan fingerprint density at radius 2 is 2.18 bits per heavy atom. The number of aryl methyl sites for hydroxylation is 2. The molecule has 0 saturated carbocycles. The Hall–Kier alpha value is -1.81. The lowest BCUT2D eigenvalue weighted by Gasteiger charge is -2.05. The highest BCUT2D eigenvalue weighted by molar-refractivity contribution is 6.31. The van der Waals surface area contributed by atoms with Gasteiger partial charge < -0.3 is 5.32 Å². The van der Waals surface area contributed by atoms with Crippen molar-refractivity contribution in [3.63, 3.8) is 0 Å². The van der Waals surface area contributed by atoms with E-state index in [4.69, 9.17) is 11.6 Å². The van der Waals surface area contributed by atoms with Crippen molar-refractivity contribution in [2.24, 2.45) is 0 Å². The molecule has 0 spiro atoms. The van der Waals surface area contributed by atoms with Crippen molar-refractivity contribution >= 4 is 23.2 Å². The number of carbonyl (C=O) groups is 1. The van der Waals surface area contributed by atoms with E-state index in [-0.39, 0.29) is 5.91 Å². The van der Waals surface area contributed by atoms with E-state index >= 15 is 0 Å². The molecule has 0 aliphatic heterocycles. The summed E-state index contributed by atoms with van der Waals surface area (Å²) in [7, 11) is 0. The average molecular weight is 250 g/mol. The van der Waals surface area contributed by atoms with Gasteiger partial charge in [-0.25, -0.2) is 0 Å². The second kappa shape index (κ2) is 4.59. The maximum Gasteiger partial charge on any atom is 0.255 e. The molecule has 0 unspecified atom stereocenters. The van der Waals surface area contributed by atoms with Gasteiger partial charge in [-0.05, 0) is 32.0 Å². The molecule has 88 valence electrons. The van der Waals surface area contributed by atoms with Gasteiger partial charge in [-0.2, -0.15) is 5.10 Å². The van der Waals surface area contributed by atoms with Crippen molar-refractivity contribution in [1.29, 1.82) is 0 Å². The number of hydrogen-bond donors (Lipinski definition) is 2. The summed E-state index contributed by atoms with van der Waals surface area (Å²) in [6, 6.07) is 6.81. The van der Waals surface area contributed by atoms with Crippen molar-refractivity contribution in [3.8, 4) is 0 Å². The van der Waals surface area contributed by atoms with Crippen molar-refractivity contribution in [3.05, 3.63) is 46.2 Å². The Morgan fingerprint density at radius 1 is 1.41 bits per heavy atom. The molecule has 1 aromatic carbocycles. The average Bonchev–Trinajstić information content (AvgIpc) is 2.61. The number of aromatic amines is 1. The molecule has 17 heavy (non-hydrogen) atoms. The van der Waals surface area contributed by atoms with Crippen LogP contribution in [0.25, 0.3) is 0 Å². The summed E-state index contributed by atoms with van der Waals surface area (Å²) in [6.45, 7) is 3.69. The van der Waals surface area contributed by atoms with Crippen LogP contribution >= 0.6 is 11.6 Å². The molecule has 2 rings (SSSR count). The van der Waals surface area contributed by atoms with Crippen LogP contribution in [0.5, 0.6) is 0 Å². The molecule has 5 heteroatoms. The lowest BCUT2D eigenvalue weighted by Crippen LogP contribution is -2.12. The maximum absolute atomic E-state index is 12.0. The molecule has 0 fully saturated rings. The molecule has 2 aromatic rings. The van der Waals surface area contributed by atoms with E-state index in [1.54, 1.807) is 24.3 Å². The van der Waals surface area contributed by atoms with Gasteiger partial charge >= 0.3 is 0 Å². The van der Waals surface area contributed by atoms with Gasteiger partial charge in [0.15, 0.2) is 0 Å². The van der Waals surface area contributed by atoms with E-state index in [1.165, 1.54) is 0 Å². The Morgan fingerprint density at radius 3 is 2.76 bits per heavy atom. The first-order valence-corrected chi connectivity index (χ1v) is 5.54. The van der Waals surface area contributed by atoms with E-state index in [0.717, 1.165) is 17.1 Å². The third-order valence-electron chi connectivity index (χ3n) is 2.45. The lowest BCUT2D eigenvalue weighted by atomic mass is 10.2. The van der Waals surface area contributed by atoms with Crippen LogP contribution < -0.4 is 5.32 Å². The first-order valence-electron chi connectivity index (χ1n) is 5.16. The fraction of sp³-hybridized carbons (Fsp3) is 0.167. The van der Waals surface area contributed by atoms with E-state index in [9.17, 15) is 4.79 Å². The molecule has 0 aliphatic carbocycles. The Labute approximate surface area is 104 Å². The highest BCUT2D eigenvalue weighted by Gasteiger charge is 2.11. The van der Waals surface area contributed by atoms with Crippen LogP contribution in [0.15, 0.2) is 24.3 Å². The molecule has 1 aromatic heterocycles. The van der Waals surface area contributed by atoms with Gasteiger partial charge in [-0.15, -0.1) is 0 Å². The fourth-order valence-corrected chi connectivity index (χ4v) is 1.74. The summed E-state index contributed by atoms with van der Waals surface area (Å²) in [5.41, 5.74) is 2.84. The van der Waals surface area contributed by atoms with Gasteiger partial charge in [0.05, 0.1) is 17.1 Å². The predicted molar refractivity (Wildman–Crippen MR) is 67.5 cm³/mol. The van der Waals surface area contributed by atoms with E-state index in [0.29, 0.717) is 10.6 Å². The van der Waals surface area contributed by atoms with Gasteiger partial charge in [0.2, 0.25) is 0 Å². The molecule has 0 aliphatic rings. The number of carbonyl (C=O) groups excluding carboxylic acids is 1. The molecule has 4 nitrogen and oxygen atoms in total. The number of nitrogens with one attached hydrogen (secondary N) is 2. The maximum atomic E-state index is 12.0. The SMILES string of the molecule is Cc1n[nH]c(C)c1NC(=O)c1cccc(Cl)c1. The Kier molecular flexibility index (Phi) is 3.15. The third kappa shape index (κ3) is 2.47. The number of rotatable bonds is 2. The van der Waals surface area contributed by atoms with Gasteiger partial charge in [0, 0.05) is 10.6 Å². The summed E-state index contributed by atoms with van der Waals surface area (Å²) >= 11 is 5.83. The first kappa shape index (κ1) is 11.7. The van der Waals surface area contributed by atoms with Gasteiger partial charge in [0.1, 0.15) is 0 Å². The normalized spacial score (nSPS) is 10.3. The Balaban J connectivity index is 2.23. The molecule has 2 N–H and O–H groups in total. The molecule has 1 heterocycles. The number of hydrogen-bond acceptors (Lipinski definition) is 2. The van der Waals surface area contributed by atoms with Crippen LogP contribution in [-0.2, 0) is 0 Å². The molecule has 0 radical (unpaired) electrons. The molecule has 0 saturated heterocycles. The number of aromatic nitrogens is 2. The highest BCUT2D eigenvalue weighted by Crippen LogP contribution is 2.18. The van der Waals surface area contributed by atoms with Gasteiger partial charge in [0.25, 0.3) is 5.91 Å². The smallest absolute Gasteiger partial charge is 0.255 e. The van der Waals surface area contributed by atoms with Gasteiger partial charge in [-0.1, -0.05) is 17.7 Å². The minimum atomic E-state index is -0.194. The second-order valence-electron chi connectivity index (χ2n) is 3.77.